The molecule has 1 heterocycles. The Morgan fingerprint density at radius 3 is 1.30 bits per heavy atom. The van der Waals surface area contributed by atoms with Crippen molar-refractivity contribution in [3.8, 4) is 0 Å². The zero-order valence-electron chi connectivity index (χ0n) is 12.6. The fourth-order valence-corrected chi connectivity index (χ4v) is 2.94. The van der Waals surface area contributed by atoms with Crippen molar-refractivity contribution in [3.63, 3.8) is 0 Å². The highest BCUT2D eigenvalue weighted by Gasteiger charge is 1.95. The number of anilines is 2. The molecule has 0 saturated carbocycles. The van der Waals surface area contributed by atoms with Crippen LogP contribution in [-0.2, 0) is 0 Å². The van der Waals surface area contributed by atoms with E-state index in [1.165, 1.54) is 9.75 Å². The van der Waals surface area contributed by atoms with Gasteiger partial charge in [0, 0.05) is 21.1 Å². The second-order valence-electron chi connectivity index (χ2n) is 5.24. The molecule has 0 aliphatic rings. The molecule has 3 rings (SSSR count). The van der Waals surface area contributed by atoms with Gasteiger partial charge in [0.05, 0.1) is 0 Å². The second-order valence-corrected chi connectivity index (χ2v) is 6.39. The van der Waals surface area contributed by atoms with Gasteiger partial charge in [0.15, 0.2) is 0 Å². The normalized spacial score (nSPS) is 11.5. The second kappa shape index (κ2) is 6.99. The molecule has 114 valence electrons. The van der Waals surface area contributed by atoms with Crippen molar-refractivity contribution in [2.24, 2.45) is 0 Å². The number of nitrogens with two attached hydrogens (primary N) is 2. The van der Waals surface area contributed by atoms with Gasteiger partial charge in [-0.15, -0.1) is 11.3 Å². The lowest BCUT2D eigenvalue weighted by Crippen LogP contribution is -1.82. The molecule has 3 aromatic rings. The Hall–Kier alpha value is -2.78. The lowest BCUT2D eigenvalue weighted by Gasteiger charge is -1.94. The number of benzene rings is 2. The van der Waals surface area contributed by atoms with Gasteiger partial charge in [-0.2, -0.15) is 0 Å². The number of hydrogen-bond acceptors (Lipinski definition) is 3. The summed E-state index contributed by atoms with van der Waals surface area (Å²) in [6.07, 6.45) is 8.44. The van der Waals surface area contributed by atoms with Crippen molar-refractivity contribution in [2.75, 3.05) is 11.5 Å². The van der Waals surface area contributed by atoms with Crippen LogP contribution in [0.2, 0.25) is 0 Å². The van der Waals surface area contributed by atoms with E-state index in [-0.39, 0.29) is 0 Å². The standard InChI is InChI=1S/C20H18N2S/c21-17-7-1-15(2-8-17)5-11-19-13-14-20(23-19)12-6-16-3-9-18(22)10-4-16/h1-14H,21-22H2/b11-5+,12-6+. The summed E-state index contributed by atoms with van der Waals surface area (Å²) < 4.78 is 0. The van der Waals surface area contributed by atoms with Gasteiger partial charge in [-0.05, 0) is 59.7 Å². The summed E-state index contributed by atoms with van der Waals surface area (Å²) in [5.41, 5.74) is 15.2. The van der Waals surface area contributed by atoms with E-state index >= 15 is 0 Å². The Morgan fingerprint density at radius 2 is 0.913 bits per heavy atom. The molecule has 0 fully saturated rings. The average Bonchev–Trinajstić information content (AvgIpc) is 3.02. The molecule has 0 unspecified atom stereocenters. The first-order chi connectivity index (χ1) is 11.2. The monoisotopic (exact) mass is 318 g/mol. The topological polar surface area (TPSA) is 52.0 Å². The number of nitrogen functional groups attached to an aromatic ring is 2. The molecule has 0 aliphatic heterocycles. The zero-order chi connectivity index (χ0) is 16.1. The van der Waals surface area contributed by atoms with Crippen LogP contribution in [0, 0.1) is 0 Å². The van der Waals surface area contributed by atoms with Gasteiger partial charge in [-0.3, -0.25) is 0 Å². The van der Waals surface area contributed by atoms with Crippen molar-refractivity contribution < 1.29 is 0 Å². The highest BCUT2D eigenvalue weighted by Crippen LogP contribution is 2.22. The molecule has 0 bridgehead atoms. The molecule has 0 amide bonds. The molecule has 3 heteroatoms. The van der Waals surface area contributed by atoms with Crippen LogP contribution in [0.4, 0.5) is 11.4 Å². The first kappa shape index (κ1) is 15.1. The van der Waals surface area contributed by atoms with E-state index in [0.29, 0.717) is 0 Å². The summed E-state index contributed by atoms with van der Waals surface area (Å²) in [6.45, 7) is 0. The molecule has 23 heavy (non-hydrogen) atoms. The van der Waals surface area contributed by atoms with E-state index in [0.717, 1.165) is 22.5 Å². The minimum absolute atomic E-state index is 0.786. The fraction of sp³-hybridized carbons (Fsp3) is 0. The van der Waals surface area contributed by atoms with Crippen LogP contribution in [0.15, 0.2) is 60.7 Å². The zero-order valence-corrected chi connectivity index (χ0v) is 13.5. The first-order valence-corrected chi connectivity index (χ1v) is 8.18. The smallest absolute Gasteiger partial charge is 0.0314 e. The van der Waals surface area contributed by atoms with E-state index in [1.54, 1.807) is 11.3 Å². The molecule has 2 nitrogen and oxygen atoms in total. The maximum absolute atomic E-state index is 5.69. The Labute approximate surface area is 140 Å². The van der Waals surface area contributed by atoms with Crippen molar-refractivity contribution in [2.45, 2.75) is 0 Å². The van der Waals surface area contributed by atoms with Crippen LogP contribution in [0.5, 0.6) is 0 Å². The molecule has 0 radical (unpaired) electrons. The molecule has 0 spiro atoms. The molecule has 0 saturated heterocycles. The van der Waals surface area contributed by atoms with Crippen LogP contribution >= 0.6 is 11.3 Å². The van der Waals surface area contributed by atoms with Crippen LogP contribution in [0.1, 0.15) is 20.9 Å². The molecule has 0 aliphatic carbocycles. The summed E-state index contributed by atoms with van der Waals surface area (Å²) in [5, 5.41) is 0. The minimum Gasteiger partial charge on any atom is -0.399 e. The minimum atomic E-state index is 0.786. The Morgan fingerprint density at radius 1 is 0.522 bits per heavy atom. The molecule has 0 atom stereocenters. The Kier molecular flexibility index (Phi) is 4.60. The molecule has 4 N–H and O–H groups in total. The summed E-state index contributed by atoms with van der Waals surface area (Å²) in [4.78, 5) is 2.44. The van der Waals surface area contributed by atoms with Gasteiger partial charge < -0.3 is 11.5 Å². The molecular weight excluding hydrogens is 300 g/mol. The highest BCUT2D eigenvalue weighted by atomic mass is 32.1. The third kappa shape index (κ3) is 4.34. The predicted molar refractivity (Wildman–Crippen MR) is 104 cm³/mol. The fourth-order valence-electron chi connectivity index (χ4n) is 2.12. The van der Waals surface area contributed by atoms with Gasteiger partial charge in [0.25, 0.3) is 0 Å². The van der Waals surface area contributed by atoms with Gasteiger partial charge in [-0.1, -0.05) is 36.4 Å². The molecular formula is C20H18N2S. The maximum atomic E-state index is 5.69. The largest absolute Gasteiger partial charge is 0.399 e. The van der Waals surface area contributed by atoms with Crippen molar-refractivity contribution in [1.29, 1.82) is 0 Å². The van der Waals surface area contributed by atoms with Crippen molar-refractivity contribution >= 4 is 47.0 Å². The average molecular weight is 318 g/mol. The summed E-state index contributed by atoms with van der Waals surface area (Å²) in [6, 6.07) is 20.0. The number of rotatable bonds is 4. The van der Waals surface area contributed by atoms with Gasteiger partial charge in [0.2, 0.25) is 0 Å². The highest BCUT2D eigenvalue weighted by molar-refractivity contribution is 7.13. The number of hydrogen-bond donors (Lipinski definition) is 2. The van der Waals surface area contributed by atoms with Crippen LogP contribution in [-0.4, -0.2) is 0 Å². The number of thiophene rings is 1. The van der Waals surface area contributed by atoms with E-state index in [4.69, 9.17) is 11.5 Å². The van der Waals surface area contributed by atoms with Crippen molar-refractivity contribution in [1.82, 2.24) is 0 Å². The molecule has 2 aromatic carbocycles. The summed E-state index contributed by atoms with van der Waals surface area (Å²) in [7, 11) is 0. The van der Waals surface area contributed by atoms with Crippen LogP contribution < -0.4 is 11.5 Å². The lowest BCUT2D eigenvalue weighted by molar-refractivity contribution is 1.65. The quantitative estimate of drug-likeness (QED) is 0.645. The Balaban J connectivity index is 1.68. The van der Waals surface area contributed by atoms with Gasteiger partial charge in [-0.25, -0.2) is 0 Å². The SMILES string of the molecule is Nc1ccc(/C=C/c2ccc(/C=C/c3ccc(N)cc3)s2)cc1. The third-order valence-corrected chi connectivity index (χ3v) is 4.42. The maximum Gasteiger partial charge on any atom is 0.0314 e. The van der Waals surface area contributed by atoms with Crippen LogP contribution in [0.25, 0.3) is 24.3 Å². The summed E-state index contributed by atoms with van der Waals surface area (Å²) >= 11 is 1.75. The van der Waals surface area contributed by atoms with E-state index in [2.05, 4.69) is 36.4 Å². The summed E-state index contributed by atoms with van der Waals surface area (Å²) in [5.74, 6) is 0. The predicted octanol–water partition coefficient (Wildman–Crippen LogP) is 5.25. The van der Waals surface area contributed by atoms with Gasteiger partial charge >= 0.3 is 0 Å². The van der Waals surface area contributed by atoms with E-state index in [1.807, 2.05) is 48.5 Å². The van der Waals surface area contributed by atoms with E-state index < -0.39 is 0 Å². The molecule has 1 aromatic heterocycles. The Bertz CT molecular complexity index is 755. The third-order valence-electron chi connectivity index (χ3n) is 3.40. The first-order valence-electron chi connectivity index (χ1n) is 7.36. The van der Waals surface area contributed by atoms with Crippen LogP contribution in [0.3, 0.4) is 0 Å². The lowest BCUT2D eigenvalue weighted by atomic mass is 10.2. The van der Waals surface area contributed by atoms with Crippen molar-refractivity contribution in [3.05, 3.63) is 81.5 Å². The van der Waals surface area contributed by atoms with Gasteiger partial charge in [0.1, 0.15) is 0 Å². The van der Waals surface area contributed by atoms with E-state index in [9.17, 15) is 0 Å².